The molecule has 0 aliphatic carbocycles. The summed E-state index contributed by atoms with van der Waals surface area (Å²) in [7, 11) is 1.88. The molecule has 0 bridgehead atoms. The van der Waals surface area contributed by atoms with Gasteiger partial charge < -0.3 is 15.2 Å². The predicted molar refractivity (Wildman–Crippen MR) is 73.4 cm³/mol. The van der Waals surface area contributed by atoms with Gasteiger partial charge in [-0.2, -0.15) is 0 Å². The number of hydrogen-bond acceptors (Lipinski definition) is 2. The molecule has 1 aliphatic rings. The quantitative estimate of drug-likeness (QED) is 0.900. The Balaban J connectivity index is 0.00000144. The average Bonchev–Trinajstić information content (AvgIpc) is 2.84. The summed E-state index contributed by atoms with van der Waals surface area (Å²) in [6, 6.07) is 1.86. The van der Waals surface area contributed by atoms with E-state index in [-0.39, 0.29) is 18.3 Å². The van der Waals surface area contributed by atoms with Gasteiger partial charge in [-0.1, -0.05) is 0 Å². The Labute approximate surface area is 116 Å². The minimum atomic E-state index is 0. The number of halogens is 2. The molecule has 17 heavy (non-hydrogen) atoms. The van der Waals surface area contributed by atoms with Crippen LogP contribution in [0.15, 0.2) is 16.7 Å². The van der Waals surface area contributed by atoms with Crippen LogP contribution in [0.2, 0.25) is 0 Å². The average molecular weight is 323 g/mol. The van der Waals surface area contributed by atoms with Gasteiger partial charge in [0.25, 0.3) is 5.91 Å². The summed E-state index contributed by atoms with van der Waals surface area (Å²) in [5.74, 6) is 0.566. The van der Waals surface area contributed by atoms with Crippen LogP contribution in [0.3, 0.4) is 0 Å². The Bertz CT molecular complexity index is 407. The molecular formula is C11H17BrClN3O. The van der Waals surface area contributed by atoms with Crippen LogP contribution >= 0.6 is 28.3 Å². The second-order valence-electron chi connectivity index (χ2n) is 4.30. The minimum Gasteiger partial charge on any atom is -0.345 e. The number of nitrogens with two attached hydrogens (primary N) is 1. The summed E-state index contributed by atoms with van der Waals surface area (Å²) in [4.78, 5) is 14.1. The van der Waals surface area contributed by atoms with Crippen molar-refractivity contribution in [1.29, 1.82) is 0 Å². The van der Waals surface area contributed by atoms with E-state index in [4.69, 9.17) is 5.73 Å². The van der Waals surface area contributed by atoms with Crippen molar-refractivity contribution in [3.05, 3.63) is 22.4 Å². The van der Waals surface area contributed by atoms with Gasteiger partial charge in [-0.05, 0) is 40.9 Å². The van der Waals surface area contributed by atoms with Gasteiger partial charge in [0.05, 0.1) is 0 Å². The smallest absolute Gasteiger partial charge is 0.270 e. The van der Waals surface area contributed by atoms with Gasteiger partial charge in [-0.25, -0.2) is 0 Å². The Morgan fingerprint density at radius 3 is 2.82 bits per heavy atom. The van der Waals surface area contributed by atoms with Crippen molar-refractivity contribution in [3.8, 4) is 0 Å². The first kappa shape index (κ1) is 14.5. The van der Waals surface area contributed by atoms with Crippen molar-refractivity contribution in [3.63, 3.8) is 0 Å². The van der Waals surface area contributed by atoms with Gasteiger partial charge in [0, 0.05) is 30.8 Å². The van der Waals surface area contributed by atoms with E-state index in [0.717, 1.165) is 29.7 Å². The van der Waals surface area contributed by atoms with E-state index < -0.39 is 0 Å². The van der Waals surface area contributed by atoms with Gasteiger partial charge in [-0.15, -0.1) is 12.4 Å². The van der Waals surface area contributed by atoms with Crippen LogP contribution in [0.1, 0.15) is 16.9 Å². The molecule has 1 fully saturated rings. The van der Waals surface area contributed by atoms with Crippen molar-refractivity contribution < 1.29 is 4.79 Å². The highest BCUT2D eigenvalue weighted by atomic mass is 79.9. The fraction of sp³-hybridized carbons (Fsp3) is 0.545. The van der Waals surface area contributed by atoms with Crippen LogP contribution in [-0.4, -0.2) is 35.0 Å². The number of aryl methyl sites for hydroxylation is 1. The van der Waals surface area contributed by atoms with Crippen molar-refractivity contribution in [2.45, 2.75) is 6.42 Å². The molecular weight excluding hydrogens is 305 g/mol. The second kappa shape index (κ2) is 5.89. The molecule has 1 atom stereocenters. The highest BCUT2D eigenvalue weighted by Crippen LogP contribution is 2.20. The summed E-state index contributed by atoms with van der Waals surface area (Å²) in [5.41, 5.74) is 6.34. The van der Waals surface area contributed by atoms with Crippen LogP contribution in [0.4, 0.5) is 0 Å². The molecule has 0 radical (unpaired) electrons. The lowest BCUT2D eigenvalue weighted by atomic mass is 10.1. The zero-order valence-electron chi connectivity index (χ0n) is 9.73. The third-order valence-corrected chi connectivity index (χ3v) is 3.53. The first-order chi connectivity index (χ1) is 7.61. The fourth-order valence-electron chi connectivity index (χ4n) is 2.11. The standard InChI is InChI=1S/C11H16BrN3O.ClH/c1-14-7-9(12)4-10(14)11(16)15-3-2-8(5-13)6-15;/h4,7-8H,2-3,5-6,13H2,1H3;1H. The van der Waals surface area contributed by atoms with E-state index >= 15 is 0 Å². The normalized spacial score (nSPS) is 19.2. The molecule has 0 spiro atoms. The van der Waals surface area contributed by atoms with E-state index in [1.807, 2.05) is 28.8 Å². The van der Waals surface area contributed by atoms with E-state index in [1.54, 1.807) is 0 Å². The number of carbonyl (C=O) groups excluding carboxylic acids is 1. The fourth-order valence-corrected chi connectivity index (χ4v) is 2.63. The number of aromatic nitrogens is 1. The van der Waals surface area contributed by atoms with E-state index in [2.05, 4.69) is 15.9 Å². The molecule has 4 nitrogen and oxygen atoms in total. The minimum absolute atomic E-state index is 0. The van der Waals surface area contributed by atoms with E-state index in [1.165, 1.54) is 0 Å². The van der Waals surface area contributed by atoms with Gasteiger partial charge in [0.1, 0.15) is 5.69 Å². The third-order valence-electron chi connectivity index (χ3n) is 3.10. The molecule has 2 rings (SSSR count). The van der Waals surface area contributed by atoms with Crippen molar-refractivity contribution in [2.75, 3.05) is 19.6 Å². The molecule has 2 N–H and O–H groups in total. The first-order valence-electron chi connectivity index (χ1n) is 5.43. The summed E-state index contributed by atoms with van der Waals surface area (Å²) < 4.78 is 2.79. The van der Waals surface area contributed by atoms with Crippen LogP contribution in [0.25, 0.3) is 0 Å². The van der Waals surface area contributed by atoms with Gasteiger partial charge in [0.15, 0.2) is 0 Å². The number of nitrogens with zero attached hydrogens (tertiary/aromatic N) is 2. The zero-order valence-corrected chi connectivity index (χ0v) is 12.1. The molecule has 0 saturated carbocycles. The van der Waals surface area contributed by atoms with Crippen LogP contribution < -0.4 is 5.73 Å². The van der Waals surface area contributed by atoms with E-state index in [9.17, 15) is 4.79 Å². The molecule has 96 valence electrons. The summed E-state index contributed by atoms with van der Waals surface area (Å²) >= 11 is 3.37. The number of carbonyl (C=O) groups is 1. The van der Waals surface area contributed by atoms with Crippen LogP contribution in [-0.2, 0) is 7.05 Å². The van der Waals surface area contributed by atoms with Gasteiger partial charge in [-0.3, -0.25) is 4.79 Å². The first-order valence-corrected chi connectivity index (χ1v) is 6.22. The number of rotatable bonds is 2. The lowest BCUT2D eigenvalue weighted by molar-refractivity contribution is 0.0778. The van der Waals surface area contributed by atoms with Crippen molar-refractivity contribution >= 4 is 34.2 Å². The molecule has 1 amide bonds. The molecule has 0 aromatic carbocycles. The molecule has 1 aromatic rings. The van der Waals surface area contributed by atoms with Crippen LogP contribution in [0.5, 0.6) is 0 Å². The van der Waals surface area contributed by atoms with Gasteiger partial charge >= 0.3 is 0 Å². The summed E-state index contributed by atoms with van der Waals surface area (Å²) in [5, 5.41) is 0. The maximum absolute atomic E-state index is 12.2. The van der Waals surface area contributed by atoms with Crippen LogP contribution in [0, 0.1) is 5.92 Å². The SMILES string of the molecule is Cl.Cn1cc(Br)cc1C(=O)N1CCC(CN)C1. The maximum Gasteiger partial charge on any atom is 0.270 e. The number of amides is 1. The van der Waals surface area contributed by atoms with Crippen molar-refractivity contribution in [1.82, 2.24) is 9.47 Å². The highest BCUT2D eigenvalue weighted by molar-refractivity contribution is 9.10. The summed E-state index contributed by atoms with van der Waals surface area (Å²) in [6.45, 7) is 2.28. The highest BCUT2D eigenvalue weighted by Gasteiger charge is 2.27. The Hall–Kier alpha value is -0.520. The lowest BCUT2D eigenvalue weighted by Gasteiger charge is -2.16. The third kappa shape index (κ3) is 3.03. The largest absolute Gasteiger partial charge is 0.345 e. The van der Waals surface area contributed by atoms with Crippen molar-refractivity contribution in [2.24, 2.45) is 18.7 Å². The Kier molecular flexibility index (Phi) is 5.04. The van der Waals surface area contributed by atoms with E-state index in [0.29, 0.717) is 12.5 Å². The molecule has 1 aliphatic heterocycles. The molecule has 6 heteroatoms. The monoisotopic (exact) mass is 321 g/mol. The molecule has 2 heterocycles. The number of likely N-dealkylation sites (tertiary alicyclic amines) is 1. The second-order valence-corrected chi connectivity index (χ2v) is 5.21. The number of hydrogen-bond donors (Lipinski definition) is 1. The zero-order chi connectivity index (χ0) is 11.7. The Morgan fingerprint density at radius 1 is 1.65 bits per heavy atom. The topological polar surface area (TPSA) is 51.3 Å². The predicted octanol–water partition coefficient (Wildman–Crippen LogP) is 1.63. The van der Waals surface area contributed by atoms with Gasteiger partial charge in [0.2, 0.25) is 0 Å². The molecule has 1 unspecified atom stereocenters. The lowest BCUT2D eigenvalue weighted by Crippen LogP contribution is -2.31. The maximum atomic E-state index is 12.2. The molecule has 1 saturated heterocycles. The Morgan fingerprint density at radius 2 is 2.35 bits per heavy atom. The summed E-state index contributed by atoms with van der Waals surface area (Å²) in [6.07, 6.45) is 2.91. The molecule has 1 aromatic heterocycles.